The molecular formula is C28H26O8. The number of phenolic OH excluding ortho intramolecular Hbond substituents is 3. The molecule has 3 N–H and O–H groups in total. The van der Waals surface area contributed by atoms with Crippen LogP contribution in [-0.2, 0) is 9.59 Å². The Bertz CT molecular complexity index is 1200. The van der Waals surface area contributed by atoms with Crippen LogP contribution in [-0.4, -0.2) is 47.4 Å². The van der Waals surface area contributed by atoms with Gasteiger partial charge in [-0.05, 0) is 59.7 Å². The number of methoxy groups -OCH3 is 2. The first-order chi connectivity index (χ1) is 17.3. The highest BCUT2D eigenvalue weighted by Gasteiger charge is 2.06. The van der Waals surface area contributed by atoms with E-state index < -0.39 is 0 Å². The molecule has 36 heavy (non-hydrogen) atoms. The monoisotopic (exact) mass is 490 g/mol. The molecule has 0 aliphatic rings. The summed E-state index contributed by atoms with van der Waals surface area (Å²) in [6.45, 7) is 0. The smallest absolute Gasteiger partial charge is 0.163 e. The highest BCUT2D eigenvalue weighted by atomic mass is 16.5. The van der Waals surface area contributed by atoms with Crippen LogP contribution in [0.4, 0.5) is 0 Å². The van der Waals surface area contributed by atoms with Crippen LogP contribution < -0.4 is 9.47 Å². The number of aromatic hydroxyl groups is 3. The molecule has 3 rings (SSSR count). The number of aldehydes is 1. The molecule has 0 saturated carbocycles. The third-order valence-corrected chi connectivity index (χ3v) is 4.74. The third-order valence-electron chi connectivity index (χ3n) is 4.74. The predicted molar refractivity (Wildman–Crippen MR) is 136 cm³/mol. The van der Waals surface area contributed by atoms with Crippen LogP contribution in [0.1, 0.15) is 27.9 Å². The molecule has 0 aromatic heterocycles. The Balaban J connectivity index is 0.000000425. The van der Waals surface area contributed by atoms with Crippen LogP contribution in [0.15, 0.2) is 72.8 Å². The SMILES string of the molecule is COc1cc(/C=C/C(=O)CC(=O)/C=C/c2ccc(O)c(OC)c2)ccc1O.O=Cc1ccccc1O. The Labute approximate surface area is 208 Å². The number of allylic oxidation sites excluding steroid dienone is 2. The van der Waals surface area contributed by atoms with Crippen molar-refractivity contribution in [3.63, 3.8) is 0 Å². The van der Waals surface area contributed by atoms with Crippen molar-refractivity contribution in [3.8, 4) is 28.7 Å². The second-order valence-corrected chi connectivity index (χ2v) is 7.32. The van der Waals surface area contributed by atoms with E-state index in [2.05, 4.69) is 0 Å². The standard InChI is InChI=1S/C21H20O6.C7H6O2/c1-26-20-11-14(5-9-18(20)24)3-7-16(22)13-17(23)8-4-15-6-10-19(25)21(12-15)27-2;8-5-6-3-1-2-4-7(6)9/h3-12,24-25H,13H2,1-2H3;1-5,9H/b7-3+,8-4+;. The van der Waals surface area contributed by atoms with Crippen molar-refractivity contribution >= 4 is 30.0 Å². The van der Waals surface area contributed by atoms with E-state index in [9.17, 15) is 24.6 Å². The molecule has 8 nitrogen and oxygen atoms in total. The first-order valence-electron chi connectivity index (χ1n) is 10.7. The van der Waals surface area contributed by atoms with Crippen LogP contribution in [0.5, 0.6) is 28.7 Å². The van der Waals surface area contributed by atoms with Gasteiger partial charge in [0.15, 0.2) is 40.9 Å². The molecule has 0 heterocycles. The summed E-state index contributed by atoms with van der Waals surface area (Å²) in [7, 11) is 2.87. The average Bonchev–Trinajstić information content (AvgIpc) is 2.88. The van der Waals surface area contributed by atoms with Gasteiger partial charge in [-0.3, -0.25) is 14.4 Å². The Morgan fingerprint density at radius 3 is 1.58 bits per heavy atom. The van der Waals surface area contributed by atoms with Gasteiger partial charge in [-0.1, -0.05) is 36.4 Å². The number of para-hydroxylation sites is 1. The number of ketones is 2. The topological polar surface area (TPSA) is 130 Å². The molecular weight excluding hydrogens is 464 g/mol. The van der Waals surface area contributed by atoms with Gasteiger partial charge in [0.2, 0.25) is 0 Å². The molecule has 0 unspecified atom stereocenters. The molecule has 0 bridgehead atoms. The molecule has 8 heteroatoms. The van der Waals surface area contributed by atoms with Crippen molar-refractivity contribution in [2.24, 2.45) is 0 Å². The number of benzene rings is 3. The average molecular weight is 491 g/mol. The maximum Gasteiger partial charge on any atom is 0.163 e. The predicted octanol–water partition coefficient (Wildman–Crippen LogP) is 4.57. The molecule has 186 valence electrons. The molecule has 0 saturated heterocycles. The van der Waals surface area contributed by atoms with Crippen molar-refractivity contribution in [1.29, 1.82) is 0 Å². The number of ether oxygens (including phenoxy) is 2. The van der Waals surface area contributed by atoms with E-state index in [4.69, 9.17) is 14.6 Å². The van der Waals surface area contributed by atoms with Crippen LogP contribution in [0.25, 0.3) is 12.2 Å². The molecule has 0 amide bonds. The van der Waals surface area contributed by atoms with E-state index >= 15 is 0 Å². The summed E-state index contributed by atoms with van der Waals surface area (Å²) in [5.41, 5.74) is 1.66. The molecule has 3 aromatic carbocycles. The molecule has 0 aliphatic heterocycles. The van der Waals surface area contributed by atoms with Crippen molar-refractivity contribution in [2.75, 3.05) is 14.2 Å². The molecule has 0 atom stereocenters. The van der Waals surface area contributed by atoms with Crippen molar-refractivity contribution in [3.05, 3.63) is 89.5 Å². The lowest BCUT2D eigenvalue weighted by molar-refractivity contribution is -0.121. The summed E-state index contributed by atoms with van der Waals surface area (Å²) in [6.07, 6.45) is 6.06. The second-order valence-electron chi connectivity index (χ2n) is 7.32. The third kappa shape index (κ3) is 8.49. The minimum atomic E-state index is -0.347. The van der Waals surface area contributed by atoms with Gasteiger partial charge in [0.25, 0.3) is 0 Å². The maximum absolute atomic E-state index is 11.9. The summed E-state index contributed by atoms with van der Waals surface area (Å²) in [4.78, 5) is 33.9. The first-order valence-corrected chi connectivity index (χ1v) is 10.7. The fraction of sp³-hybridized carbons (Fsp3) is 0.107. The Morgan fingerprint density at radius 2 is 1.19 bits per heavy atom. The molecule has 3 aromatic rings. The molecule has 0 fully saturated rings. The number of hydrogen-bond acceptors (Lipinski definition) is 8. The van der Waals surface area contributed by atoms with Crippen molar-refractivity contribution in [1.82, 2.24) is 0 Å². The summed E-state index contributed by atoms with van der Waals surface area (Å²) < 4.78 is 10.00. The minimum Gasteiger partial charge on any atom is -0.507 e. The normalized spacial score (nSPS) is 10.5. The fourth-order valence-corrected chi connectivity index (χ4v) is 2.85. The number of carbonyl (C=O) groups is 3. The first kappa shape index (κ1) is 27.4. The fourth-order valence-electron chi connectivity index (χ4n) is 2.85. The van der Waals surface area contributed by atoms with Crippen molar-refractivity contribution in [2.45, 2.75) is 6.42 Å². The van der Waals surface area contributed by atoms with Gasteiger partial charge in [-0.15, -0.1) is 0 Å². The van der Waals surface area contributed by atoms with Gasteiger partial charge in [-0.2, -0.15) is 0 Å². The van der Waals surface area contributed by atoms with Gasteiger partial charge < -0.3 is 24.8 Å². The largest absolute Gasteiger partial charge is 0.507 e. The van der Waals surface area contributed by atoms with E-state index in [1.807, 2.05) is 0 Å². The quantitative estimate of drug-likeness (QED) is 0.226. The lowest BCUT2D eigenvalue weighted by atomic mass is 10.1. The number of rotatable bonds is 9. The highest BCUT2D eigenvalue weighted by molar-refractivity contribution is 6.10. The maximum atomic E-state index is 11.9. The van der Waals surface area contributed by atoms with E-state index in [0.717, 1.165) is 0 Å². The van der Waals surface area contributed by atoms with Crippen LogP contribution in [0.3, 0.4) is 0 Å². The lowest BCUT2D eigenvalue weighted by Gasteiger charge is -2.03. The van der Waals surface area contributed by atoms with E-state index in [0.29, 0.717) is 34.5 Å². The van der Waals surface area contributed by atoms with Crippen LogP contribution in [0, 0.1) is 0 Å². The summed E-state index contributed by atoms with van der Waals surface area (Å²) in [5.74, 6) is -0.0485. The zero-order valence-electron chi connectivity index (χ0n) is 19.8. The zero-order valence-corrected chi connectivity index (χ0v) is 19.8. The summed E-state index contributed by atoms with van der Waals surface area (Å²) in [6, 6.07) is 15.7. The van der Waals surface area contributed by atoms with Crippen molar-refractivity contribution < 1.29 is 39.2 Å². The number of hydrogen-bond donors (Lipinski definition) is 3. The number of phenols is 3. The minimum absolute atomic E-state index is 0.00662. The Morgan fingerprint density at radius 1 is 0.722 bits per heavy atom. The highest BCUT2D eigenvalue weighted by Crippen LogP contribution is 2.27. The van der Waals surface area contributed by atoms with Gasteiger partial charge in [0.05, 0.1) is 26.2 Å². The zero-order chi connectivity index (χ0) is 26.5. The second kappa shape index (κ2) is 13.8. The Hall–Kier alpha value is -4.85. The molecule has 0 aliphatic carbocycles. The van der Waals surface area contributed by atoms with Gasteiger partial charge in [-0.25, -0.2) is 0 Å². The molecule has 0 spiro atoms. The van der Waals surface area contributed by atoms with Gasteiger partial charge in [0.1, 0.15) is 5.75 Å². The van der Waals surface area contributed by atoms with Crippen LogP contribution in [0.2, 0.25) is 0 Å². The lowest BCUT2D eigenvalue weighted by Crippen LogP contribution is -2.01. The van der Waals surface area contributed by atoms with E-state index in [-0.39, 0.29) is 35.2 Å². The van der Waals surface area contributed by atoms with Crippen LogP contribution >= 0.6 is 0 Å². The van der Waals surface area contributed by atoms with Gasteiger partial charge >= 0.3 is 0 Å². The molecule has 0 radical (unpaired) electrons. The number of carbonyl (C=O) groups excluding carboxylic acids is 3. The van der Waals surface area contributed by atoms with E-state index in [1.165, 1.54) is 44.6 Å². The Kier molecular flexibility index (Phi) is 10.5. The summed E-state index contributed by atoms with van der Waals surface area (Å²) >= 11 is 0. The summed E-state index contributed by atoms with van der Waals surface area (Å²) in [5, 5.41) is 28.0. The van der Waals surface area contributed by atoms with Gasteiger partial charge in [0, 0.05) is 0 Å². The van der Waals surface area contributed by atoms with E-state index in [1.54, 1.807) is 54.6 Å².